The molecule has 0 bridgehead atoms. The first-order valence-electron chi connectivity index (χ1n) is 7.87. The highest BCUT2D eigenvalue weighted by atomic mass is 35.5. The molecule has 0 radical (unpaired) electrons. The summed E-state index contributed by atoms with van der Waals surface area (Å²) >= 11 is 5.89. The van der Waals surface area contributed by atoms with Crippen molar-refractivity contribution < 1.29 is 14.7 Å². The van der Waals surface area contributed by atoms with Gasteiger partial charge in [-0.2, -0.15) is 0 Å². The number of nitrogens with one attached hydrogen (secondary N) is 1. The number of aromatic carboxylic acids is 1. The fourth-order valence-corrected chi connectivity index (χ4v) is 2.70. The number of amides is 1. The predicted octanol–water partition coefficient (Wildman–Crippen LogP) is 4.24. The Morgan fingerprint density at radius 2 is 1.79 bits per heavy atom. The molecule has 0 heterocycles. The van der Waals surface area contributed by atoms with Crippen molar-refractivity contribution in [1.29, 1.82) is 0 Å². The Morgan fingerprint density at radius 3 is 2.42 bits per heavy atom. The third-order valence-electron chi connectivity index (χ3n) is 3.89. The Balaban J connectivity index is 1.97. The minimum Gasteiger partial charge on any atom is -0.478 e. The average Bonchev–Trinajstić information content (AvgIpc) is 2.59. The van der Waals surface area contributed by atoms with E-state index < -0.39 is 5.97 Å². The van der Waals surface area contributed by atoms with Crippen molar-refractivity contribution in [1.82, 2.24) is 5.32 Å². The topological polar surface area (TPSA) is 66.4 Å². The Bertz CT molecular complexity index is 713. The Hall–Kier alpha value is -2.33. The van der Waals surface area contributed by atoms with E-state index in [2.05, 4.69) is 5.32 Å². The van der Waals surface area contributed by atoms with Gasteiger partial charge in [-0.25, -0.2) is 4.79 Å². The van der Waals surface area contributed by atoms with Crippen molar-refractivity contribution in [2.24, 2.45) is 0 Å². The van der Waals surface area contributed by atoms with Crippen LogP contribution in [0.4, 0.5) is 0 Å². The summed E-state index contributed by atoms with van der Waals surface area (Å²) < 4.78 is 0. The van der Waals surface area contributed by atoms with Gasteiger partial charge in [0.05, 0.1) is 11.6 Å². The summed E-state index contributed by atoms with van der Waals surface area (Å²) in [6.07, 6.45) is 1.40. The lowest BCUT2D eigenvalue weighted by molar-refractivity contribution is -0.121. The van der Waals surface area contributed by atoms with Crippen LogP contribution < -0.4 is 5.32 Å². The van der Waals surface area contributed by atoms with E-state index >= 15 is 0 Å². The van der Waals surface area contributed by atoms with E-state index in [1.54, 1.807) is 36.4 Å². The molecule has 0 saturated heterocycles. The van der Waals surface area contributed by atoms with Gasteiger partial charge in [0.1, 0.15) is 0 Å². The van der Waals surface area contributed by atoms with E-state index in [0.717, 1.165) is 12.0 Å². The number of carbonyl (C=O) groups is 2. The minimum absolute atomic E-state index is 0.0792. The minimum atomic E-state index is -0.974. The van der Waals surface area contributed by atoms with Crippen molar-refractivity contribution in [3.05, 3.63) is 70.2 Å². The lowest BCUT2D eigenvalue weighted by Gasteiger charge is -2.17. The number of carbonyl (C=O) groups excluding carboxylic acids is 1. The zero-order valence-corrected chi connectivity index (χ0v) is 14.2. The summed E-state index contributed by atoms with van der Waals surface area (Å²) in [6, 6.07) is 14.1. The molecule has 0 aliphatic heterocycles. The van der Waals surface area contributed by atoms with Crippen molar-refractivity contribution in [2.45, 2.75) is 32.2 Å². The van der Waals surface area contributed by atoms with Gasteiger partial charge in [-0.05, 0) is 42.2 Å². The van der Waals surface area contributed by atoms with Crippen LogP contribution in [0.3, 0.4) is 0 Å². The largest absolute Gasteiger partial charge is 0.478 e. The maximum atomic E-state index is 12.2. The highest BCUT2D eigenvalue weighted by Gasteiger charge is 2.14. The van der Waals surface area contributed by atoms with E-state index in [9.17, 15) is 14.7 Å². The van der Waals surface area contributed by atoms with Crippen molar-refractivity contribution in [3.63, 3.8) is 0 Å². The third kappa shape index (κ3) is 4.83. The van der Waals surface area contributed by atoms with E-state index in [-0.39, 0.29) is 23.9 Å². The second-order valence-electron chi connectivity index (χ2n) is 5.54. The van der Waals surface area contributed by atoms with Gasteiger partial charge in [0.25, 0.3) is 0 Å². The molecule has 4 nitrogen and oxygen atoms in total. The number of rotatable bonds is 7. The van der Waals surface area contributed by atoms with Crippen LogP contribution in [0.2, 0.25) is 5.02 Å². The van der Waals surface area contributed by atoms with E-state index in [1.165, 1.54) is 0 Å². The lowest BCUT2D eigenvalue weighted by Crippen LogP contribution is -2.28. The van der Waals surface area contributed by atoms with Crippen LogP contribution in [0, 0.1) is 0 Å². The first-order valence-corrected chi connectivity index (χ1v) is 8.25. The van der Waals surface area contributed by atoms with Crippen molar-refractivity contribution in [2.75, 3.05) is 0 Å². The number of carboxylic acid groups (broad SMARTS) is 1. The summed E-state index contributed by atoms with van der Waals surface area (Å²) in [5, 5.41) is 12.8. The van der Waals surface area contributed by atoms with Crippen LogP contribution in [-0.4, -0.2) is 17.0 Å². The molecule has 2 rings (SSSR count). The van der Waals surface area contributed by atoms with Crippen LogP contribution in [0.15, 0.2) is 48.5 Å². The molecule has 1 unspecified atom stereocenters. The average molecular weight is 346 g/mol. The second kappa shape index (κ2) is 8.50. The Kier molecular flexibility index (Phi) is 6.38. The van der Waals surface area contributed by atoms with Crippen molar-refractivity contribution >= 4 is 23.5 Å². The fraction of sp³-hybridized carbons (Fsp3) is 0.263. The molecule has 0 aliphatic carbocycles. The fourth-order valence-electron chi connectivity index (χ4n) is 2.58. The SMILES string of the molecule is CCC(NC(=O)CCc1ccccc1C(=O)O)c1ccc(Cl)cc1. The zero-order valence-electron chi connectivity index (χ0n) is 13.5. The molecule has 0 saturated carbocycles. The monoisotopic (exact) mass is 345 g/mol. The van der Waals surface area contributed by atoms with Crippen LogP contribution >= 0.6 is 11.6 Å². The van der Waals surface area contributed by atoms with Crippen LogP contribution in [0.1, 0.15) is 47.3 Å². The molecule has 1 amide bonds. The molecule has 0 aliphatic rings. The Labute approximate surface area is 146 Å². The van der Waals surface area contributed by atoms with Gasteiger partial charge < -0.3 is 10.4 Å². The maximum absolute atomic E-state index is 12.2. The summed E-state index contributed by atoms with van der Waals surface area (Å²) in [5.74, 6) is -1.07. The summed E-state index contributed by atoms with van der Waals surface area (Å²) in [5.41, 5.74) is 1.91. The predicted molar refractivity (Wildman–Crippen MR) is 94.3 cm³/mol. The molecule has 0 spiro atoms. The van der Waals surface area contributed by atoms with Gasteiger partial charge in [0.15, 0.2) is 0 Å². The first-order chi connectivity index (χ1) is 11.5. The molecular formula is C19H20ClNO3. The molecule has 1 atom stereocenters. The standard InChI is InChI=1S/C19H20ClNO3/c1-2-17(14-7-10-15(20)11-8-14)21-18(22)12-9-13-5-3-4-6-16(13)19(23)24/h3-8,10-11,17H,2,9,12H2,1H3,(H,21,22)(H,23,24). The number of aryl methyl sites for hydroxylation is 1. The quantitative estimate of drug-likeness (QED) is 0.788. The summed E-state index contributed by atoms with van der Waals surface area (Å²) in [6.45, 7) is 2.00. The molecule has 2 aromatic carbocycles. The number of carboxylic acids is 1. The molecule has 0 fully saturated rings. The number of hydrogen-bond acceptors (Lipinski definition) is 2. The van der Waals surface area contributed by atoms with Gasteiger partial charge >= 0.3 is 5.97 Å². The van der Waals surface area contributed by atoms with E-state index in [0.29, 0.717) is 17.0 Å². The summed E-state index contributed by atoms with van der Waals surface area (Å²) in [7, 11) is 0. The van der Waals surface area contributed by atoms with Gasteiger partial charge in [-0.3, -0.25) is 4.79 Å². The molecule has 0 aromatic heterocycles. The smallest absolute Gasteiger partial charge is 0.335 e. The summed E-state index contributed by atoms with van der Waals surface area (Å²) in [4.78, 5) is 23.4. The maximum Gasteiger partial charge on any atom is 0.335 e. The molecule has 5 heteroatoms. The number of hydrogen-bond donors (Lipinski definition) is 2. The second-order valence-corrected chi connectivity index (χ2v) is 5.98. The van der Waals surface area contributed by atoms with Crippen LogP contribution in [-0.2, 0) is 11.2 Å². The zero-order chi connectivity index (χ0) is 17.5. The molecule has 24 heavy (non-hydrogen) atoms. The van der Waals surface area contributed by atoms with Crippen molar-refractivity contribution in [3.8, 4) is 0 Å². The third-order valence-corrected chi connectivity index (χ3v) is 4.14. The molecule has 2 aromatic rings. The van der Waals surface area contributed by atoms with E-state index in [1.807, 2.05) is 19.1 Å². The van der Waals surface area contributed by atoms with Crippen LogP contribution in [0.25, 0.3) is 0 Å². The van der Waals surface area contributed by atoms with Gasteiger partial charge in [0, 0.05) is 11.4 Å². The highest BCUT2D eigenvalue weighted by Crippen LogP contribution is 2.19. The van der Waals surface area contributed by atoms with Gasteiger partial charge in [-0.1, -0.05) is 48.9 Å². The first kappa shape index (κ1) is 18.0. The van der Waals surface area contributed by atoms with Gasteiger partial charge in [0.2, 0.25) is 5.91 Å². The molecular weight excluding hydrogens is 326 g/mol. The molecule has 126 valence electrons. The van der Waals surface area contributed by atoms with E-state index in [4.69, 9.17) is 11.6 Å². The number of halogens is 1. The van der Waals surface area contributed by atoms with Crippen LogP contribution in [0.5, 0.6) is 0 Å². The number of benzene rings is 2. The highest BCUT2D eigenvalue weighted by molar-refractivity contribution is 6.30. The lowest BCUT2D eigenvalue weighted by atomic mass is 10.0. The normalized spacial score (nSPS) is 11.8. The van der Waals surface area contributed by atoms with Gasteiger partial charge in [-0.15, -0.1) is 0 Å². The Morgan fingerprint density at radius 1 is 1.12 bits per heavy atom. The molecule has 2 N–H and O–H groups in total.